The van der Waals surface area contributed by atoms with Gasteiger partial charge >= 0.3 is 6.18 Å². The van der Waals surface area contributed by atoms with Crippen LogP contribution < -0.4 is 5.73 Å². The number of aryl methyl sites for hydroxylation is 1. The Labute approximate surface area is 128 Å². The Kier molecular flexibility index (Phi) is 4.67. The first-order valence-corrected chi connectivity index (χ1v) is 7.11. The van der Waals surface area contributed by atoms with Gasteiger partial charge in [-0.2, -0.15) is 18.3 Å². The first-order chi connectivity index (χ1) is 9.82. The summed E-state index contributed by atoms with van der Waals surface area (Å²) in [5, 5.41) is 4.01. The molecule has 2 rings (SSSR count). The summed E-state index contributed by atoms with van der Waals surface area (Å²) in [4.78, 5) is 4.08. The standard InChI is InChI=1S/C13H14BrF3N4/c1-2-21-12(19-7-20-21)6-11(18)8-3-4-10(14)9(5-8)13(15,16)17/h3-5,7,11H,2,6,18H2,1H3. The second-order valence-corrected chi connectivity index (χ2v) is 5.39. The van der Waals surface area contributed by atoms with Crippen molar-refractivity contribution in [2.75, 3.05) is 0 Å². The molecule has 0 amide bonds. The monoisotopic (exact) mass is 362 g/mol. The second kappa shape index (κ2) is 6.15. The van der Waals surface area contributed by atoms with Gasteiger partial charge in [0.1, 0.15) is 12.2 Å². The van der Waals surface area contributed by atoms with E-state index in [1.54, 1.807) is 10.7 Å². The van der Waals surface area contributed by atoms with Crippen LogP contribution in [0.1, 0.15) is 29.9 Å². The minimum atomic E-state index is -4.42. The van der Waals surface area contributed by atoms with Crippen LogP contribution in [0.15, 0.2) is 29.0 Å². The number of halogens is 4. The zero-order valence-electron chi connectivity index (χ0n) is 11.2. The first kappa shape index (κ1) is 16.0. The average Bonchev–Trinajstić information content (AvgIpc) is 2.85. The van der Waals surface area contributed by atoms with Gasteiger partial charge in [0.15, 0.2) is 0 Å². The summed E-state index contributed by atoms with van der Waals surface area (Å²) < 4.78 is 40.3. The third-order valence-electron chi connectivity index (χ3n) is 3.12. The number of alkyl halides is 3. The lowest BCUT2D eigenvalue weighted by Gasteiger charge is -2.15. The molecule has 0 saturated heterocycles. The Balaban J connectivity index is 2.26. The highest BCUT2D eigenvalue weighted by Gasteiger charge is 2.33. The van der Waals surface area contributed by atoms with E-state index in [0.29, 0.717) is 24.4 Å². The Morgan fingerprint density at radius 1 is 1.38 bits per heavy atom. The highest BCUT2D eigenvalue weighted by Crippen LogP contribution is 2.36. The number of aromatic nitrogens is 3. The molecule has 4 nitrogen and oxygen atoms in total. The lowest BCUT2D eigenvalue weighted by molar-refractivity contribution is -0.138. The van der Waals surface area contributed by atoms with Crippen LogP contribution in [0.5, 0.6) is 0 Å². The van der Waals surface area contributed by atoms with Gasteiger partial charge in [0.25, 0.3) is 0 Å². The van der Waals surface area contributed by atoms with Crippen molar-refractivity contribution in [2.24, 2.45) is 5.73 Å². The van der Waals surface area contributed by atoms with Crippen LogP contribution in [-0.4, -0.2) is 14.8 Å². The average molecular weight is 363 g/mol. The van der Waals surface area contributed by atoms with Crippen LogP contribution in [0.3, 0.4) is 0 Å². The third-order valence-corrected chi connectivity index (χ3v) is 3.81. The van der Waals surface area contributed by atoms with Crippen LogP contribution >= 0.6 is 15.9 Å². The predicted molar refractivity (Wildman–Crippen MR) is 75.5 cm³/mol. The van der Waals surface area contributed by atoms with Crippen molar-refractivity contribution in [3.8, 4) is 0 Å². The van der Waals surface area contributed by atoms with E-state index in [0.717, 1.165) is 6.07 Å². The Hall–Kier alpha value is -1.41. The number of rotatable bonds is 4. The molecule has 1 aromatic heterocycles. The van der Waals surface area contributed by atoms with Gasteiger partial charge in [-0.1, -0.05) is 22.0 Å². The normalized spacial score (nSPS) is 13.4. The fourth-order valence-corrected chi connectivity index (χ4v) is 2.49. The van der Waals surface area contributed by atoms with Crippen LogP contribution in [0.4, 0.5) is 13.2 Å². The van der Waals surface area contributed by atoms with E-state index in [9.17, 15) is 13.2 Å². The lowest BCUT2D eigenvalue weighted by Crippen LogP contribution is -2.18. The molecule has 0 aliphatic carbocycles. The summed E-state index contributed by atoms with van der Waals surface area (Å²) in [6, 6.07) is 3.44. The molecule has 0 aliphatic rings. The van der Waals surface area contributed by atoms with Crippen LogP contribution in [0.2, 0.25) is 0 Å². The summed E-state index contributed by atoms with van der Waals surface area (Å²) in [6.45, 7) is 2.54. The fraction of sp³-hybridized carbons (Fsp3) is 0.385. The SMILES string of the molecule is CCn1ncnc1CC(N)c1ccc(Br)c(C(F)(F)F)c1. The summed E-state index contributed by atoms with van der Waals surface area (Å²) in [6.07, 6.45) is -2.68. The maximum Gasteiger partial charge on any atom is 0.417 e. The molecule has 2 aromatic rings. The molecule has 1 atom stereocenters. The highest BCUT2D eigenvalue weighted by molar-refractivity contribution is 9.10. The van der Waals surface area contributed by atoms with Crippen LogP contribution in [0.25, 0.3) is 0 Å². The maximum absolute atomic E-state index is 12.9. The van der Waals surface area contributed by atoms with E-state index in [1.807, 2.05) is 6.92 Å². The smallest absolute Gasteiger partial charge is 0.324 e. The van der Waals surface area contributed by atoms with Gasteiger partial charge < -0.3 is 5.73 Å². The van der Waals surface area contributed by atoms with E-state index in [-0.39, 0.29) is 4.47 Å². The van der Waals surface area contributed by atoms with Gasteiger partial charge in [-0.15, -0.1) is 0 Å². The van der Waals surface area contributed by atoms with Crippen molar-refractivity contribution < 1.29 is 13.2 Å². The molecule has 0 fully saturated rings. The number of nitrogens with zero attached hydrogens (tertiary/aromatic N) is 3. The van der Waals surface area contributed by atoms with Crippen molar-refractivity contribution >= 4 is 15.9 Å². The lowest BCUT2D eigenvalue weighted by atomic mass is 10.0. The molecule has 1 aromatic carbocycles. The number of benzene rings is 1. The zero-order valence-corrected chi connectivity index (χ0v) is 12.8. The quantitative estimate of drug-likeness (QED) is 0.907. The van der Waals surface area contributed by atoms with E-state index in [1.165, 1.54) is 12.4 Å². The molecular weight excluding hydrogens is 349 g/mol. The fourth-order valence-electron chi connectivity index (χ4n) is 2.02. The molecule has 1 unspecified atom stereocenters. The molecule has 2 N–H and O–H groups in total. The van der Waals surface area contributed by atoms with Crippen molar-refractivity contribution in [1.29, 1.82) is 0 Å². The minimum absolute atomic E-state index is 0.00248. The Bertz CT molecular complexity index is 624. The van der Waals surface area contributed by atoms with Crippen molar-refractivity contribution in [3.05, 3.63) is 46.0 Å². The van der Waals surface area contributed by atoms with Crippen molar-refractivity contribution in [2.45, 2.75) is 32.1 Å². The molecule has 0 aliphatic heterocycles. The number of hydrogen-bond donors (Lipinski definition) is 1. The van der Waals surface area contributed by atoms with Gasteiger partial charge in [-0.3, -0.25) is 4.68 Å². The number of hydrogen-bond acceptors (Lipinski definition) is 3. The topological polar surface area (TPSA) is 56.7 Å². The second-order valence-electron chi connectivity index (χ2n) is 4.54. The molecule has 0 spiro atoms. The van der Waals surface area contributed by atoms with Gasteiger partial charge in [0.2, 0.25) is 0 Å². The molecule has 0 bridgehead atoms. The van der Waals surface area contributed by atoms with E-state index < -0.39 is 17.8 Å². The minimum Gasteiger partial charge on any atom is -0.324 e. The molecule has 0 radical (unpaired) electrons. The first-order valence-electron chi connectivity index (χ1n) is 6.31. The summed E-state index contributed by atoms with van der Waals surface area (Å²) >= 11 is 2.91. The molecule has 0 saturated carbocycles. The van der Waals surface area contributed by atoms with E-state index in [4.69, 9.17) is 5.73 Å². The Morgan fingerprint density at radius 2 is 2.10 bits per heavy atom. The molecular formula is C13H14BrF3N4. The van der Waals surface area contributed by atoms with E-state index in [2.05, 4.69) is 26.0 Å². The molecule has 114 valence electrons. The van der Waals surface area contributed by atoms with Crippen LogP contribution in [0, 0.1) is 0 Å². The van der Waals surface area contributed by atoms with Gasteiger partial charge in [-0.25, -0.2) is 4.98 Å². The molecule has 1 heterocycles. The van der Waals surface area contributed by atoms with Crippen molar-refractivity contribution in [3.63, 3.8) is 0 Å². The zero-order chi connectivity index (χ0) is 15.6. The summed E-state index contributed by atoms with van der Waals surface area (Å²) in [7, 11) is 0. The number of nitrogens with two attached hydrogens (primary N) is 1. The largest absolute Gasteiger partial charge is 0.417 e. The summed E-state index contributed by atoms with van der Waals surface area (Å²) in [5.74, 6) is 0.654. The van der Waals surface area contributed by atoms with Gasteiger partial charge in [-0.05, 0) is 24.6 Å². The van der Waals surface area contributed by atoms with Gasteiger partial charge in [0.05, 0.1) is 5.56 Å². The Morgan fingerprint density at radius 3 is 2.71 bits per heavy atom. The summed E-state index contributed by atoms with van der Waals surface area (Å²) in [5.41, 5.74) is 5.69. The third kappa shape index (κ3) is 3.62. The molecule has 8 heteroatoms. The van der Waals surface area contributed by atoms with E-state index >= 15 is 0 Å². The molecule has 21 heavy (non-hydrogen) atoms. The van der Waals surface area contributed by atoms with Crippen molar-refractivity contribution in [1.82, 2.24) is 14.8 Å². The predicted octanol–water partition coefficient (Wildman–Crippen LogP) is 3.32. The maximum atomic E-state index is 12.9. The highest BCUT2D eigenvalue weighted by atomic mass is 79.9. The van der Waals surface area contributed by atoms with Crippen LogP contribution in [-0.2, 0) is 19.1 Å². The van der Waals surface area contributed by atoms with Gasteiger partial charge in [0, 0.05) is 23.5 Å².